The Hall–Kier alpha value is -1.62. The van der Waals surface area contributed by atoms with Gasteiger partial charge in [-0.25, -0.2) is 0 Å². The maximum Gasteiger partial charge on any atom is 0.134 e. The Balaban J connectivity index is 1.59. The molecule has 2 N–H and O–H groups in total. The maximum atomic E-state index is 9.71. The minimum Gasteiger partial charge on any atom is -0.506 e. The molecule has 3 rings (SSSR count). The summed E-state index contributed by atoms with van der Waals surface area (Å²) >= 11 is 5.86. The molecule has 1 aliphatic heterocycles. The number of aromatic nitrogens is 1. The van der Waals surface area contributed by atoms with Crippen LogP contribution in [0.3, 0.4) is 0 Å². The summed E-state index contributed by atoms with van der Waals surface area (Å²) in [4.78, 5) is 6.61. The van der Waals surface area contributed by atoms with Gasteiger partial charge in [0, 0.05) is 44.6 Å². The Bertz CT molecular complexity index is 621. The van der Waals surface area contributed by atoms with E-state index >= 15 is 0 Å². The van der Waals surface area contributed by atoms with E-state index in [4.69, 9.17) is 11.6 Å². The number of aromatic hydroxyl groups is 1. The zero-order valence-corrected chi connectivity index (χ0v) is 13.1. The molecule has 116 valence electrons. The molecule has 22 heavy (non-hydrogen) atoms. The Morgan fingerprint density at radius 1 is 1.32 bits per heavy atom. The number of hydrogen-bond acceptors (Lipinski definition) is 4. The van der Waals surface area contributed by atoms with Gasteiger partial charge in [0.15, 0.2) is 0 Å². The van der Waals surface area contributed by atoms with Crippen molar-refractivity contribution >= 4 is 11.6 Å². The number of halogens is 1. The van der Waals surface area contributed by atoms with Gasteiger partial charge in [-0.05, 0) is 35.7 Å². The average Bonchev–Trinajstić information content (AvgIpc) is 2.52. The number of benzene rings is 1. The highest BCUT2D eigenvalue weighted by molar-refractivity contribution is 6.31. The van der Waals surface area contributed by atoms with E-state index in [0.717, 1.165) is 38.2 Å². The molecule has 0 spiro atoms. The van der Waals surface area contributed by atoms with Crippen LogP contribution in [0.1, 0.15) is 11.1 Å². The van der Waals surface area contributed by atoms with E-state index in [2.05, 4.69) is 21.3 Å². The van der Waals surface area contributed by atoms with Gasteiger partial charge in [0.2, 0.25) is 0 Å². The second-order valence-corrected chi connectivity index (χ2v) is 6.14. The number of phenolic OH excluding ortho intramolecular Hbond substituents is 1. The van der Waals surface area contributed by atoms with Crippen molar-refractivity contribution in [1.29, 1.82) is 0 Å². The monoisotopic (exact) mass is 317 g/mol. The Kier molecular flexibility index (Phi) is 4.93. The van der Waals surface area contributed by atoms with Crippen LogP contribution >= 0.6 is 11.6 Å². The number of piperazine rings is 1. The number of nitrogens with one attached hydrogen (secondary N) is 1. The topological polar surface area (TPSA) is 48.4 Å². The number of rotatable bonds is 4. The fourth-order valence-electron chi connectivity index (χ4n) is 2.89. The van der Waals surface area contributed by atoms with Gasteiger partial charge in [-0.3, -0.25) is 9.88 Å². The summed E-state index contributed by atoms with van der Waals surface area (Å²) < 4.78 is 0. The van der Waals surface area contributed by atoms with Crippen LogP contribution in [0.4, 0.5) is 0 Å². The SMILES string of the molecule is Oc1cc(CC2CN(Cc3cccnc3)CCN2)ccc1Cl. The van der Waals surface area contributed by atoms with Crippen molar-refractivity contribution in [2.75, 3.05) is 19.6 Å². The number of pyridine rings is 1. The molecule has 1 aromatic carbocycles. The zero-order valence-electron chi connectivity index (χ0n) is 12.4. The third kappa shape index (κ3) is 3.97. The first-order chi connectivity index (χ1) is 10.7. The summed E-state index contributed by atoms with van der Waals surface area (Å²) in [5.41, 5.74) is 2.34. The number of phenols is 1. The highest BCUT2D eigenvalue weighted by Gasteiger charge is 2.20. The predicted octanol–water partition coefficient (Wildman–Crippen LogP) is 2.46. The van der Waals surface area contributed by atoms with Crippen molar-refractivity contribution in [3.63, 3.8) is 0 Å². The van der Waals surface area contributed by atoms with Crippen LogP contribution in [0.25, 0.3) is 0 Å². The average molecular weight is 318 g/mol. The largest absolute Gasteiger partial charge is 0.506 e. The second-order valence-electron chi connectivity index (χ2n) is 5.74. The standard InChI is InChI=1S/C17H20ClN3O/c18-16-4-3-13(9-17(16)22)8-15-12-21(7-6-20-15)11-14-2-1-5-19-10-14/h1-5,9-10,15,20,22H,6-8,11-12H2. The molecule has 0 radical (unpaired) electrons. The van der Waals surface area contributed by atoms with E-state index in [0.29, 0.717) is 11.1 Å². The first-order valence-corrected chi connectivity index (χ1v) is 7.90. The summed E-state index contributed by atoms with van der Waals surface area (Å²) in [6.07, 6.45) is 4.61. The lowest BCUT2D eigenvalue weighted by atomic mass is 10.0. The van der Waals surface area contributed by atoms with Crippen molar-refractivity contribution in [1.82, 2.24) is 15.2 Å². The Morgan fingerprint density at radius 3 is 3.00 bits per heavy atom. The normalized spacial score (nSPS) is 19.2. The molecule has 0 amide bonds. The molecular formula is C17H20ClN3O. The molecule has 1 aromatic heterocycles. The van der Waals surface area contributed by atoms with Crippen molar-refractivity contribution in [2.45, 2.75) is 19.0 Å². The van der Waals surface area contributed by atoms with E-state index in [-0.39, 0.29) is 5.75 Å². The molecular weight excluding hydrogens is 298 g/mol. The summed E-state index contributed by atoms with van der Waals surface area (Å²) in [6, 6.07) is 9.95. The predicted molar refractivity (Wildman–Crippen MR) is 88.1 cm³/mol. The molecule has 5 heteroatoms. The lowest BCUT2D eigenvalue weighted by Gasteiger charge is -2.33. The van der Waals surface area contributed by atoms with Gasteiger partial charge in [0.25, 0.3) is 0 Å². The third-order valence-electron chi connectivity index (χ3n) is 3.96. The van der Waals surface area contributed by atoms with Crippen molar-refractivity contribution in [3.8, 4) is 5.75 Å². The maximum absolute atomic E-state index is 9.71. The lowest BCUT2D eigenvalue weighted by molar-refractivity contribution is 0.191. The number of hydrogen-bond donors (Lipinski definition) is 2. The van der Waals surface area contributed by atoms with Gasteiger partial charge in [-0.15, -0.1) is 0 Å². The minimum atomic E-state index is 0.155. The summed E-state index contributed by atoms with van der Waals surface area (Å²) in [5, 5.41) is 13.7. The molecule has 0 bridgehead atoms. The quantitative estimate of drug-likeness (QED) is 0.909. The molecule has 1 unspecified atom stereocenters. The van der Waals surface area contributed by atoms with E-state index < -0.39 is 0 Å². The Morgan fingerprint density at radius 2 is 2.23 bits per heavy atom. The van der Waals surface area contributed by atoms with Crippen LogP contribution in [0.5, 0.6) is 5.75 Å². The fourth-order valence-corrected chi connectivity index (χ4v) is 3.01. The van der Waals surface area contributed by atoms with Crippen LogP contribution < -0.4 is 5.32 Å². The zero-order chi connectivity index (χ0) is 15.4. The molecule has 2 heterocycles. The minimum absolute atomic E-state index is 0.155. The third-order valence-corrected chi connectivity index (χ3v) is 4.28. The first kappa shape index (κ1) is 15.3. The van der Waals surface area contributed by atoms with E-state index in [1.165, 1.54) is 5.56 Å². The molecule has 2 aromatic rings. The van der Waals surface area contributed by atoms with E-state index in [9.17, 15) is 5.11 Å². The van der Waals surface area contributed by atoms with Gasteiger partial charge in [0.05, 0.1) is 5.02 Å². The van der Waals surface area contributed by atoms with Crippen LogP contribution in [0.15, 0.2) is 42.7 Å². The van der Waals surface area contributed by atoms with Gasteiger partial charge in [-0.2, -0.15) is 0 Å². The van der Waals surface area contributed by atoms with Crippen molar-refractivity contribution in [3.05, 3.63) is 58.9 Å². The first-order valence-electron chi connectivity index (χ1n) is 7.53. The van der Waals surface area contributed by atoms with E-state index in [1.54, 1.807) is 18.3 Å². The van der Waals surface area contributed by atoms with Gasteiger partial charge in [0.1, 0.15) is 5.75 Å². The van der Waals surface area contributed by atoms with Crippen molar-refractivity contribution in [2.24, 2.45) is 0 Å². The summed E-state index contributed by atoms with van der Waals surface area (Å²) in [6.45, 7) is 3.93. The lowest BCUT2D eigenvalue weighted by Crippen LogP contribution is -2.51. The van der Waals surface area contributed by atoms with E-state index in [1.807, 2.05) is 18.3 Å². The molecule has 1 fully saturated rings. The molecule has 1 aliphatic rings. The number of nitrogens with zero attached hydrogens (tertiary/aromatic N) is 2. The molecule has 4 nitrogen and oxygen atoms in total. The molecule has 1 saturated heterocycles. The fraction of sp³-hybridized carbons (Fsp3) is 0.353. The van der Waals surface area contributed by atoms with Gasteiger partial charge >= 0.3 is 0 Å². The Labute approximate surface area is 135 Å². The molecule has 0 aliphatic carbocycles. The molecule has 1 atom stereocenters. The van der Waals surface area contributed by atoms with Crippen LogP contribution in [0, 0.1) is 0 Å². The van der Waals surface area contributed by atoms with Gasteiger partial charge in [-0.1, -0.05) is 23.7 Å². The van der Waals surface area contributed by atoms with Gasteiger partial charge < -0.3 is 10.4 Å². The molecule has 0 saturated carbocycles. The van der Waals surface area contributed by atoms with Crippen molar-refractivity contribution < 1.29 is 5.11 Å². The van der Waals surface area contributed by atoms with Crippen LogP contribution in [-0.2, 0) is 13.0 Å². The highest BCUT2D eigenvalue weighted by Crippen LogP contribution is 2.24. The van der Waals surface area contributed by atoms with Crippen LogP contribution in [0.2, 0.25) is 5.02 Å². The second kappa shape index (κ2) is 7.09. The highest BCUT2D eigenvalue weighted by atomic mass is 35.5. The smallest absolute Gasteiger partial charge is 0.134 e. The summed E-state index contributed by atoms with van der Waals surface area (Å²) in [7, 11) is 0. The summed E-state index contributed by atoms with van der Waals surface area (Å²) in [5.74, 6) is 0.155. The van der Waals surface area contributed by atoms with Crippen LogP contribution in [-0.4, -0.2) is 40.7 Å².